The summed E-state index contributed by atoms with van der Waals surface area (Å²) in [5.74, 6) is 0.958. The monoisotopic (exact) mass is 416 g/mol. The minimum atomic E-state index is 0.348. The van der Waals surface area contributed by atoms with Gasteiger partial charge in [-0.2, -0.15) is 0 Å². The number of likely N-dealkylation sites (tertiary alicyclic amines) is 2. The van der Waals surface area contributed by atoms with E-state index in [2.05, 4.69) is 51.6 Å². The number of nitrogens with one attached hydrogen (secondary N) is 2. The molecule has 1 aliphatic carbocycles. The van der Waals surface area contributed by atoms with Crippen LogP contribution in [0.3, 0.4) is 0 Å². The molecule has 0 bridgehead atoms. The van der Waals surface area contributed by atoms with E-state index in [9.17, 15) is 0 Å². The lowest BCUT2D eigenvalue weighted by atomic mass is 9.90. The molecule has 6 heteroatoms. The van der Waals surface area contributed by atoms with Gasteiger partial charge in [0.1, 0.15) is 11.9 Å². The fraction of sp³-hybridized carbons (Fsp3) is 0.696. The van der Waals surface area contributed by atoms with Crippen LogP contribution in [0.15, 0.2) is 24.3 Å². The number of anilines is 1. The molecule has 2 heterocycles. The highest BCUT2D eigenvalue weighted by molar-refractivity contribution is 7.80. The molecule has 160 valence electrons. The van der Waals surface area contributed by atoms with Crippen molar-refractivity contribution in [3.8, 4) is 5.75 Å². The second kappa shape index (κ2) is 10.1. The molecule has 29 heavy (non-hydrogen) atoms. The summed E-state index contributed by atoms with van der Waals surface area (Å²) in [6.07, 6.45) is 9.47. The molecule has 3 aliphatic rings. The van der Waals surface area contributed by atoms with Crippen LogP contribution in [0.4, 0.5) is 5.69 Å². The van der Waals surface area contributed by atoms with Crippen LogP contribution >= 0.6 is 12.2 Å². The van der Waals surface area contributed by atoms with Crippen molar-refractivity contribution >= 4 is 23.0 Å². The third-order valence-electron chi connectivity index (χ3n) is 6.86. The highest BCUT2D eigenvalue weighted by Crippen LogP contribution is 2.28. The van der Waals surface area contributed by atoms with Crippen LogP contribution < -0.4 is 15.4 Å². The average molecular weight is 417 g/mol. The molecule has 4 rings (SSSR count). The molecule has 0 radical (unpaired) electrons. The Bertz CT molecular complexity index is 655. The molecule has 0 amide bonds. The van der Waals surface area contributed by atoms with Gasteiger partial charge in [-0.05, 0) is 88.5 Å². The van der Waals surface area contributed by atoms with E-state index in [-0.39, 0.29) is 0 Å². The van der Waals surface area contributed by atoms with Crippen LogP contribution in [-0.4, -0.2) is 65.8 Å². The number of hydrogen-bond donors (Lipinski definition) is 2. The van der Waals surface area contributed by atoms with Gasteiger partial charge in [0.2, 0.25) is 0 Å². The first-order valence-corrected chi connectivity index (χ1v) is 11.9. The summed E-state index contributed by atoms with van der Waals surface area (Å²) in [5.41, 5.74) is 1.00. The van der Waals surface area contributed by atoms with E-state index in [4.69, 9.17) is 17.0 Å². The van der Waals surface area contributed by atoms with Gasteiger partial charge in [-0.25, -0.2) is 0 Å². The summed E-state index contributed by atoms with van der Waals surface area (Å²) in [6.45, 7) is 7.83. The van der Waals surface area contributed by atoms with Gasteiger partial charge >= 0.3 is 0 Å². The third kappa shape index (κ3) is 5.83. The Morgan fingerprint density at radius 3 is 2.41 bits per heavy atom. The molecule has 2 N–H and O–H groups in total. The maximum Gasteiger partial charge on any atom is 0.170 e. The highest BCUT2D eigenvalue weighted by atomic mass is 32.1. The first-order chi connectivity index (χ1) is 14.2. The zero-order valence-electron chi connectivity index (χ0n) is 17.7. The Kier molecular flexibility index (Phi) is 7.27. The summed E-state index contributed by atoms with van der Waals surface area (Å²) >= 11 is 5.44. The van der Waals surface area contributed by atoms with Crippen molar-refractivity contribution in [2.24, 2.45) is 0 Å². The molecule has 2 saturated heterocycles. The Balaban J connectivity index is 1.15. The van der Waals surface area contributed by atoms with Crippen molar-refractivity contribution in [2.75, 3.05) is 38.0 Å². The fourth-order valence-corrected chi connectivity index (χ4v) is 4.95. The van der Waals surface area contributed by atoms with Crippen LogP contribution in [0.2, 0.25) is 0 Å². The van der Waals surface area contributed by atoms with E-state index in [0.717, 1.165) is 43.4 Å². The Morgan fingerprint density at radius 2 is 1.79 bits per heavy atom. The predicted molar refractivity (Wildman–Crippen MR) is 124 cm³/mol. The quantitative estimate of drug-likeness (QED) is 0.658. The first-order valence-electron chi connectivity index (χ1n) is 11.5. The minimum Gasteiger partial charge on any atom is -0.490 e. The lowest BCUT2D eigenvalue weighted by Crippen LogP contribution is -2.46. The van der Waals surface area contributed by atoms with Crippen molar-refractivity contribution in [2.45, 2.75) is 70.1 Å². The number of thiocarbonyl (C=S) groups is 1. The Morgan fingerprint density at radius 1 is 1.03 bits per heavy atom. The summed E-state index contributed by atoms with van der Waals surface area (Å²) in [5, 5.41) is 7.29. The van der Waals surface area contributed by atoms with Crippen molar-refractivity contribution in [1.29, 1.82) is 0 Å². The first kappa shape index (κ1) is 20.9. The van der Waals surface area contributed by atoms with E-state index < -0.39 is 0 Å². The number of hydrogen-bond acceptors (Lipinski definition) is 4. The zero-order chi connectivity index (χ0) is 20.1. The highest BCUT2D eigenvalue weighted by Gasteiger charge is 2.29. The van der Waals surface area contributed by atoms with Gasteiger partial charge in [0.15, 0.2) is 5.11 Å². The maximum absolute atomic E-state index is 6.22. The molecule has 5 nitrogen and oxygen atoms in total. The second-order valence-electron chi connectivity index (χ2n) is 8.87. The molecule has 3 fully saturated rings. The van der Waals surface area contributed by atoms with Crippen LogP contribution in [0.25, 0.3) is 0 Å². The lowest BCUT2D eigenvalue weighted by molar-refractivity contribution is 0.0493. The maximum atomic E-state index is 6.22. The van der Waals surface area contributed by atoms with Gasteiger partial charge in [-0.3, -0.25) is 4.90 Å². The van der Waals surface area contributed by atoms with Crippen molar-refractivity contribution in [3.63, 3.8) is 0 Å². The van der Waals surface area contributed by atoms with Gasteiger partial charge in [0.25, 0.3) is 0 Å². The normalized spacial score (nSPS) is 24.2. The van der Waals surface area contributed by atoms with E-state index >= 15 is 0 Å². The molecule has 1 unspecified atom stereocenters. The standard InChI is InChI=1S/C23H36N4OS/c1-18-4-3-14-26(18)17-13-24-23(29)25-19-7-9-21(10-8-19)28-22-11-15-27(16-12-22)20-5-2-6-20/h7-10,18,20,22H,2-6,11-17H2,1H3,(H2,24,25,29). The number of benzene rings is 1. The molecule has 2 aliphatic heterocycles. The van der Waals surface area contributed by atoms with Gasteiger partial charge in [0.05, 0.1) is 0 Å². The van der Waals surface area contributed by atoms with Crippen LogP contribution in [-0.2, 0) is 0 Å². The largest absolute Gasteiger partial charge is 0.490 e. The Hall–Kier alpha value is -1.37. The molecular formula is C23H36N4OS. The third-order valence-corrected chi connectivity index (χ3v) is 7.10. The molecule has 1 aromatic rings. The molecule has 0 spiro atoms. The number of nitrogens with zero attached hydrogens (tertiary/aromatic N) is 2. The summed E-state index contributed by atoms with van der Waals surface area (Å²) in [4.78, 5) is 5.19. The van der Waals surface area contributed by atoms with Crippen molar-refractivity contribution < 1.29 is 4.74 Å². The van der Waals surface area contributed by atoms with Gasteiger partial charge in [0, 0.05) is 44.0 Å². The van der Waals surface area contributed by atoms with E-state index in [1.807, 2.05) is 0 Å². The van der Waals surface area contributed by atoms with Gasteiger partial charge in [-0.1, -0.05) is 6.42 Å². The summed E-state index contributed by atoms with van der Waals surface area (Å²) in [7, 11) is 0. The molecule has 1 saturated carbocycles. The lowest BCUT2D eigenvalue weighted by Gasteiger charge is -2.41. The molecular weight excluding hydrogens is 380 g/mol. The second-order valence-corrected chi connectivity index (χ2v) is 9.28. The van der Waals surface area contributed by atoms with Gasteiger partial charge < -0.3 is 20.3 Å². The molecule has 0 aromatic heterocycles. The summed E-state index contributed by atoms with van der Waals surface area (Å²) < 4.78 is 6.22. The van der Waals surface area contributed by atoms with Crippen LogP contribution in [0.5, 0.6) is 5.75 Å². The number of rotatable bonds is 7. The van der Waals surface area contributed by atoms with E-state index in [1.165, 1.54) is 51.7 Å². The Labute approximate surface area is 181 Å². The van der Waals surface area contributed by atoms with Crippen LogP contribution in [0.1, 0.15) is 51.9 Å². The SMILES string of the molecule is CC1CCCN1CCNC(=S)Nc1ccc(OC2CCN(C3CCC3)CC2)cc1. The van der Waals surface area contributed by atoms with Crippen molar-refractivity contribution in [1.82, 2.24) is 15.1 Å². The zero-order valence-corrected chi connectivity index (χ0v) is 18.6. The molecule has 1 atom stereocenters. The number of ether oxygens (including phenoxy) is 1. The fourth-order valence-electron chi connectivity index (χ4n) is 4.73. The topological polar surface area (TPSA) is 39.8 Å². The van der Waals surface area contributed by atoms with E-state index in [1.54, 1.807) is 0 Å². The smallest absolute Gasteiger partial charge is 0.170 e. The number of piperidine rings is 1. The van der Waals surface area contributed by atoms with E-state index in [0.29, 0.717) is 17.3 Å². The van der Waals surface area contributed by atoms with Crippen LogP contribution in [0, 0.1) is 0 Å². The summed E-state index contributed by atoms with van der Waals surface area (Å²) in [6, 6.07) is 9.77. The predicted octanol–water partition coefficient (Wildman–Crippen LogP) is 3.85. The average Bonchev–Trinajstić information content (AvgIpc) is 3.08. The van der Waals surface area contributed by atoms with Crippen molar-refractivity contribution in [3.05, 3.63) is 24.3 Å². The minimum absolute atomic E-state index is 0.348. The van der Waals surface area contributed by atoms with Gasteiger partial charge in [-0.15, -0.1) is 0 Å². The molecule has 1 aromatic carbocycles.